The highest BCUT2D eigenvalue weighted by Gasteiger charge is 2.50. The van der Waals surface area contributed by atoms with Crippen LogP contribution in [0, 0.1) is 0 Å². The Kier molecular flexibility index (Phi) is 18.3. The summed E-state index contributed by atoms with van der Waals surface area (Å²) >= 11 is 0. The van der Waals surface area contributed by atoms with Crippen LogP contribution < -0.4 is 37.0 Å². The fraction of sp³-hybridized carbons (Fsp3) is 0.447. The van der Waals surface area contributed by atoms with E-state index < -0.39 is 82.0 Å². The maximum atomic E-state index is 13.0. The number of aromatic amines is 1. The lowest BCUT2D eigenvalue weighted by Gasteiger charge is -2.23. The first-order chi connectivity index (χ1) is 33.8. The highest BCUT2D eigenvalue weighted by Crippen LogP contribution is 2.66. The number of H-pyrrole nitrogens is 1. The molecule has 1 fully saturated rings. The minimum Gasteiger partial charge on any atom is -0.439 e. The standard InChI is InChI=1S/C38H50N9O21P3S/c1-2-46(25-9-8-24-19-26(36(51)65-27(24)20-25)23-10-16-45(17-11-23)14-6-18-72(60,61)62)15-5-3-4-7-29(48)40-12-13-41-38(52)66-32-31(49)28(21-63-70(56,57)68-71(58,59)67-69(53,54)55)64-35(32)47-22-42-30-33(47)43-37(39)44-34(30)50/h8-11,16-17,19-20,22,28,31-32,35,49H,2-7,12-15,18,21H2,1H3,(H9-,39,40,41,43,44,48,50,52,53,54,55,56,57,58,59,60,61,62)/p+1/t28-,31-,32-,35-/m1/s1. The van der Waals surface area contributed by atoms with E-state index in [1.54, 1.807) is 41.2 Å². The van der Waals surface area contributed by atoms with Gasteiger partial charge in [0, 0.05) is 73.9 Å². The van der Waals surface area contributed by atoms with E-state index in [0.29, 0.717) is 54.6 Å². The number of aryl methyl sites for hydroxylation is 1. The van der Waals surface area contributed by atoms with Gasteiger partial charge in [0.15, 0.2) is 35.9 Å². The lowest BCUT2D eigenvalue weighted by atomic mass is 10.1. The van der Waals surface area contributed by atoms with Crippen molar-refractivity contribution in [2.45, 2.75) is 70.1 Å². The Morgan fingerprint density at radius 2 is 1.71 bits per heavy atom. The number of nitrogen functional groups attached to an aromatic ring is 1. The van der Waals surface area contributed by atoms with Crippen molar-refractivity contribution in [1.82, 2.24) is 30.2 Å². The van der Waals surface area contributed by atoms with Crippen LogP contribution in [0.2, 0.25) is 0 Å². The van der Waals surface area contributed by atoms with Gasteiger partial charge in [0.05, 0.1) is 24.3 Å². The van der Waals surface area contributed by atoms with Crippen molar-refractivity contribution in [3.05, 3.63) is 75.9 Å². The second kappa shape index (κ2) is 23.6. The van der Waals surface area contributed by atoms with Gasteiger partial charge in [-0.3, -0.25) is 28.2 Å². The van der Waals surface area contributed by atoms with E-state index in [0.717, 1.165) is 23.0 Å². The number of imidazole rings is 1. The minimum absolute atomic E-state index is 0.0432. The number of aliphatic hydroxyl groups is 1. The van der Waals surface area contributed by atoms with Gasteiger partial charge >= 0.3 is 35.2 Å². The number of aromatic nitrogens is 5. The normalized spacial score (nSPS) is 18.9. The van der Waals surface area contributed by atoms with Crippen molar-refractivity contribution in [2.75, 3.05) is 49.2 Å². The van der Waals surface area contributed by atoms with E-state index in [-0.39, 0.29) is 54.7 Å². The molecule has 72 heavy (non-hydrogen) atoms. The fourth-order valence-electron chi connectivity index (χ4n) is 7.38. The van der Waals surface area contributed by atoms with Crippen molar-refractivity contribution < 1.29 is 92.5 Å². The third-order valence-electron chi connectivity index (χ3n) is 10.6. The van der Waals surface area contributed by atoms with Crippen LogP contribution in [-0.4, -0.2) is 126 Å². The van der Waals surface area contributed by atoms with Crippen LogP contribution in [0.3, 0.4) is 0 Å². The Hall–Kier alpha value is -5.49. The van der Waals surface area contributed by atoms with Crippen LogP contribution in [0.5, 0.6) is 0 Å². The van der Waals surface area contributed by atoms with Crippen molar-refractivity contribution >= 4 is 79.4 Å². The molecule has 5 aromatic rings. The topological polar surface area (TPSA) is 438 Å². The predicted octanol–water partition coefficient (Wildman–Crippen LogP) is 0.940. The largest absolute Gasteiger partial charge is 0.490 e. The van der Waals surface area contributed by atoms with Gasteiger partial charge in [0.1, 0.15) is 24.3 Å². The molecule has 0 bridgehead atoms. The molecule has 0 saturated carbocycles. The van der Waals surface area contributed by atoms with E-state index >= 15 is 0 Å². The number of hydrogen-bond acceptors (Lipinski definition) is 20. The zero-order valence-corrected chi connectivity index (χ0v) is 41.4. The Labute approximate surface area is 407 Å². The molecule has 34 heteroatoms. The number of anilines is 2. The van der Waals surface area contributed by atoms with Gasteiger partial charge in [-0.25, -0.2) is 32.8 Å². The number of phosphoric acid groups is 3. The maximum Gasteiger partial charge on any atom is 0.490 e. The van der Waals surface area contributed by atoms with Gasteiger partial charge in [-0.05, 0) is 38.0 Å². The molecule has 6 rings (SSSR count). The number of alkyl carbamates (subject to hydrolysis) is 1. The molecule has 0 aliphatic carbocycles. The number of phosphoric ester groups is 1. The van der Waals surface area contributed by atoms with Crippen LogP contribution in [0.25, 0.3) is 33.3 Å². The van der Waals surface area contributed by atoms with E-state index in [2.05, 4.69) is 43.6 Å². The first-order valence-corrected chi connectivity index (χ1v) is 27.8. The van der Waals surface area contributed by atoms with Crippen molar-refractivity contribution in [1.29, 1.82) is 0 Å². The molecule has 30 nitrogen and oxygen atoms in total. The summed E-state index contributed by atoms with van der Waals surface area (Å²) in [5.41, 5.74) is 6.11. The SMILES string of the molecule is CCN(CCCCCC(=O)NCCNC(=O)O[C@@H]1[C@H](O)[C@@H](COP(=O)(O)OP(=O)(O)OP(=O)(O)O)O[C@H]1n1cnc2c(=O)[nH]c(N)nc21)c1ccc2cc(-c3cc[n+](CCCS(=O)(=O)O)cc3)c(=O)oc2c1. The molecule has 0 spiro atoms. The lowest BCUT2D eigenvalue weighted by molar-refractivity contribution is -0.696. The van der Waals surface area contributed by atoms with E-state index in [1.165, 1.54) is 0 Å². The molecule has 394 valence electrons. The highest BCUT2D eigenvalue weighted by molar-refractivity contribution is 7.85. The van der Waals surface area contributed by atoms with Gasteiger partial charge in [0.25, 0.3) is 15.7 Å². The van der Waals surface area contributed by atoms with Gasteiger partial charge in [0.2, 0.25) is 11.9 Å². The third kappa shape index (κ3) is 15.8. The number of unbranched alkanes of at least 4 members (excludes halogenated alkanes) is 2. The summed E-state index contributed by atoms with van der Waals surface area (Å²) in [6.07, 6.45) is -1.31. The van der Waals surface area contributed by atoms with Gasteiger partial charge in [-0.1, -0.05) is 6.42 Å². The van der Waals surface area contributed by atoms with Crippen LogP contribution in [-0.2, 0) is 57.8 Å². The van der Waals surface area contributed by atoms with E-state index in [9.17, 15) is 56.2 Å². The Morgan fingerprint density at radius 3 is 2.40 bits per heavy atom. The molecule has 1 aromatic carbocycles. The Bertz CT molecular complexity index is 3130. The molecular formula is C38H51N9O21P3S+. The highest BCUT2D eigenvalue weighted by atomic mass is 32.2. The van der Waals surface area contributed by atoms with E-state index in [4.69, 9.17) is 34.0 Å². The van der Waals surface area contributed by atoms with Crippen molar-refractivity contribution in [3.63, 3.8) is 0 Å². The predicted molar refractivity (Wildman–Crippen MR) is 249 cm³/mol. The van der Waals surface area contributed by atoms with E-state index in [1.807, 2.05) is 19.1 Å². The summed E-state index contributed by atoms with van der Waals surface area (Å²) in [5, 5.41) is 16.9. The third-order valence-corrected chi connectivity index (χ3v) is 15.2. The summed E-state index contributed by atoms with van der Waals surface area (Å²) < 4.78 is 97.6. The first kappa shape index (κ1) is 55.8. The van der Waals surface area contributed by atoms with Crippen LogP contribution in [0.1, 0.15) is 45.3 Å². The zero-order chi connectivity index (χ0) is 52.6. The molecule has 1 aliphatic heterocycles. The number of rotatable bonds is 25. The first-order valence-electron chi connectivity index (χ1n) is 21.6. The number of nitrogens with one attached hydrogen (secondary N) is 3. The molecule has 0 radical (unpaired) electrons. The molecule has 1 saturated heterocycles. The second-order valence-electron chi connectivity index (χ2n) is 15.9. The maximum absolute atomic E-state index is 13.0. The lowest BCUT2D eigenvalue weighted by Crippen LogP contribution is -2.41. The Balaban J connectivity index is 0.951. The number of hydrogen-bond donors (Lipinski definition) is 10. The average Bonchev–Trinajstić information content (AvgIpc) is 3.83. The summed E-state index contributed by atoms with van der Waals surface area (Å²) in [6.45, 7) is 2.28. The van der Waals surface area contributed by atoms with Crippen LogP contribution >= 0.6 is 23.5 Å². The summed E-state index contributed by atoms with van der Waals surface area (Å²) in [5.74, 6) is -1.03. The number of amides is 2. The number of carbonyl (C=O) groups excluding carboxylic acids is 2. The molecule has 2 unspecified atom stereocenters. The monoisotopic (exact) mass is 1090 g/mol. The molecule has 2 amide bonds. The number of benzene rings is 1. The van der Waals surface area contributed by atoms with Crippen molar-refractivity contribution in [3.8, 4) is 11.1 Å². The van der Waals surface area contributed by atoms with Crippen LogP contribution in [0.4, 0.5) is 16.4 Å². The average molecular weight is 1090 g/mol. The molecule has 4 aromatic heterocycles. The number of aliphatic hydroxyl groups excluding tert-OH is 1. The number of pyridine rings is 1. The smallest absolute Gasteiger partial charge is 0.439 e. The van der Waals surface area contributed by atoms with Crippen molar-refractivity contribution in [2.24, 2.45) is 0 Å². The number of fused-ring (bicyclic) bond motifs is 2. The summed E-state index contributed by atoms with van der Waals surface area (Å²) in [7, 11) is -21.3. The molecule has 1 aliphatic rings. The number of carbonyl (C=O) groups is 2. The number of nitrogens with two attached hydrogens (primary N) is 1. The minimum atomic E-state index is -5.89. The van der Waals surface area contributed by atoms with Gasteiger partial charge in [-0.2, -0.15) is 22.0 Å². The number of ether oxygens (including phenoxy) is 2. The summed E-state index contributed by atoms with van der Waals surface area (Å²) in [6, 6.07) is 10.7. The zero-order valence-electron chi connectivity index (χ0n) is 37.9. The Morgan fingerprint density at radius 1 is 0.986 bits per heavy atom. The van der Waals surface area contributed by atoms with Gasteiger partial charge < -0.3 is 59.8 Å². The van der Waals surface area contributed by atoms with Crippen LogP contribution in [0.15, 0.2) is 69.1 Å². The fourth-order valence-corrected chi connectivity index (χ4v) is 10.9. The van der Waals surface area contributed by atoms with Gasteiger partial charge in [-0.15, -0.1) is 0 Å². The second-order valence-corrected chi connectivity index (χ2v) is 21.9. The molecular weight excluding hydrogens is 1040 g/mol. The molecule has 11 N–H and O–H groups in total. The number of nitrogens with zero attached hydrogens (tertiary/aromatic N) is 5. The molecule has 6 atom stereocenters. The summed E-state index contributed by atoms with van der Waals surface area (Å²) in [4.78, 5) is 100. The quantitative estimate of drug-likeness (QED) is 0.0128. The molecule has 5 heterocycles.